The van der Waals surface area contributed by atoms with E-state index in [0.717, 1.165) is 12.0 Å². The summed E-state index contributed by atoms with van der Waals surface area (Å²) in [6.45, 7) is 9.52. The van der Waals surface area contributed by atoms with Crippen molar-refractivity contribution in [3.8, 4) is 11.5 Å². The average Bonchev–Trinajstić information content (AvgIpc) is 3.67. The molecule has 0 radical (unpaired) electrons. The number of carbonyl (C=O) groups is 2. The first-order valence-electron chi connectivity index (χ1n) is 13.9. The Balaban J connectivity index is 1.62. The Kier molecular flexibility index (Phi) is 8.09. The van der Waals surface area contributed by atoms with Gasteiger partial charge in [-0.25, -0.2) is 9.97 Å². The summed E-state index contributed by atoms with van der Waals surface area (Å²) in [5.41, 5.74) is 3.19. The third-order valence-electron chi connectivity index (χ3n) is 7.27. The largest absolute Gasteiger partial charge is 0.505 e. The third-order valence-corrected chi connectivity index (χ3v) is 7.27. The molecule has 0 spiro atoms. The lowest BCUT2D eigenvalue weighted by Crippen LogP contribution is -2.31. The fraction of sp³-hybridized carbons (Fsp3) is 0.355. The van der Waals surface area contributed by atoms with Crippen molar-refractivity contribution < 1.29 is 24.2 Å². The molecule has 4 heterocycles. The summed E-state index contributed by atoms with van der Waals surface area (Å²) < 4.78 is 15.6. The molecule has 1 atom stereocenters. The topological polar surface area (TPSA) is 111 Å². The normalized spacial score (nSPS) is 16.6. The van der Waals surface area contributed by atoms with Crippen molar-refractivity contribution in [1.82, 2.24) is 23.8 Å². The molecule has 5 rings (SSSR count). The van der Waals surface area contributed by atoms with Crippen LogP contribution in [0.1, 0.15) is 55.2 Å². The van der Waals surface area contributed by atoms with Gasteiger partial charge in [-0.15, -0.1) is 0 Å². The molecule has 1 saturated heterocycles. The minimum atomic E-state index is -0.831. The number of amides is 1. The molecule has 1 amide bonds. The summed E-state index contributed by atoms with van der Waals surface area (Å²) in [4.78, 5) is 37.4. The minimum Gasteiger partial charge on any atom is -0.505 e. The zero-order chi connectivity index (χ0) is 29.1. The van der Waals surface area contributed by atoms with Gasteiger partial charge in [-0.05, 0) is 62.9 Å². The van der Waals surface area contributed by atoms with Gasteiger partial charge in [0.15, 0.2) is 17.3 Å². The Morgan fingerprint density at radius 2 is 1.88 bits per heavy atom. The lowest BCUT2D eigenvalue weighted by Gasteiger charge is -2.26. The molecule has 41 heavy (non-hydrogen) atoms. The maximum Gasteiger partial charge on any atom is 0.295 e. The zero-order valence-corrected chi connectivity index (χ0v) is 23.8. The van der Waals surface area contributed by atoms with Crippen LogP contribution in [0.3, 0.4) is 0 Å². The number of rotatable bonds is 11. The second kappa shape index (κ2) is 11.9. The predicted molar refractivity (Wildman–Crippen MR) is 154 cm³/mol. The van der Waals surface area contributed by atoms with Gasteiger partial charge in [0, 0.05) is 31.7 Å². The highest BCUT2D eigenvalue weighted by atomic mass is 16.5. The molecular formula is C31H35N5O5. The Labute approximate surface area is 238 Å². The summed E-state index contributed by atoms with van der Waals surface area (Å²) in [5.74, 6) is -0.602. The number of likely N-dealkylation sites (tertiary alicyclic amines) is 1. The molecule has 1 fully saturated rings. The van der Waals surface area contributed by atoms with Gasteiger partial charge in [0.1, 0.15) is 11.3 Å². The van der Waals surface area contributed by atoms with Crippen LogP contribution in [0.5, 0.6) is 11.5 Å². The first-order chi connectivity index (χ1) is 19.8. The van der Waals surface area contributed by atoms with Crippen LogP contribution in [0.25, 0.3) is 11.4 Å². The number of aliphatic hydroxyl groups excluding tert-OH is 1. The number of fused-ring (bicyclic) bond motifs is 1. The first kappa shape index (κ1) is 27.9. The fourth-order valence-electron chi connectivity index (χ4n) is 5.27. The summed E-state index contributed by atoms with van der Waals surface area (Å²) in [7, 11) is 0. The molecule has 0 saturated carbocycles. The van der Waals surface area contributed by atoms with E-state index < -0.39 is 17.7 Å². The molecule has 4 aromatic rings. The molecule has 214 valence electrons. The van der Waals surface area contributed by atoms with Crippen molar-refractivity contribution >= 4 is 23.1 Å². The van der Waals surface area contributed by atoms with Crippen LogP contribution in [0.2, 0.25) is 0 Å². The van der Waals surface area contributed by atoms with E-state index in [1.165, 1.54) is 4.90 Å². The van der Waals surface area contributed by atoms with Crippen LogP contribution < -0.4 is 9.47 Å². The van der Waals surface area contributed by atoms with E-state index in [9.17, 15) is 14.7 Å². The fourth-order valence-corrected chi connectivity index (χ4v) is 5.27. The monoisotopic (exact) mass is 557 g/mol. The maximum absolute atomic E-state index is 13.6. The van der Waals surface area contributed by atoms with Gasteiger partial charge in [0.2, 0.25) is 0 Å². The molecule has 10 nitrogen and oxygen atoms in total. The van der Waals surface area contributed by atoms with Gasteiger partial charge < -0.3 is 28.4 Å². The SMILES string of the molecule is CCCOc1ccc(C2C(=C(O)c3nc4c(C)cccn4c3C)C(=O)C(=O)N2CCCn2ccnc2)cc1OCC. The molecule has 1 aromatic carbocycles. The summed E-state index contributed by atoms with van der Waals surface area (Å²) >= 11 is 0. The average molecular weight is 558 g/mol. The number of carbonyl (C=O) groups excluding carboxylic acids is 2. The van der Waals surface area contributed by atoms with E-state index >= 15 is 0 Å². The Bertz CT molecular complexity index is 1600. The highest BCUT2D eigenvalue weighted by molar-refractivity contribution is 6.46. The number of hydrogen-bond acceptors (Lipinski definition) is 7. The van der Waals surface area contributed by atoms with Gasteiger partial charge in [-0.3, -0.25) is 9.59 Å². The quantitative estimate of drug-likeness (QED) is 0.159. The van der Waals surface area contributed by atoms with Gasteiger partial charge in [0.25, 0.3) is 11.7 Å². The lowest BCUT2D eigenvalue weighted by atomic mass is 9.96. The number of aryl methyl sites for hydroxylation is 3. The number of nitrogens with zero attached hydrogens (tertiary/aromatic N) is 5. The van der Waals surface area contributed by atoms with Crippen molar-refractivity contribution in [2.24, 2.45) is 0 Å². The van der Waals surface area contributed by atoms with Gasteiger partial charge in [-0.2, -0.15) is 0 Å². The van der Waals surface area contributed by atoms with Crippen LogP contribution in [0.4, 0.5) is 0 Å². The van der Waals surface area contributed by atoms with Crippen molar-refractivity contribution in [2.45, 2.75) is 53.1 Å². The maximum atomic E-state index is 13.6. The number of aliphatic hydroxyl groups is 1. The Morgan fingerprint density at radius 1 is 1.05 bits per heavy atom. The van der Waals surface area contributed by atoms with Gasteiger partial charge >= 0.3 is 0 Å². The molecule has 1 unspecified atom stereocenters. The number of ketones is 1. The highest BCUT2D eigenvalue weighted by Gasteiger charge is 2.46. The second-order valence-corrected chi connectivity index (χ2v) is 10.1. The van der Waals surface area contributed by atoms with Crippen molar-refractivity contribution in [3.05, 3.63) is 83.3 Å². The van der Waals surface area contributed by atoms with Gasteiger partial charge in [-0.1, -0.05) is 19.1 Å². The van der Waals surface area contributed by atoms with Crippen molar-refractivity contribution in [1.29, 1.82) is 0 Å². The first-order valence-corrected chi connectivity index (χ1v) is 13.9. The standard InChI is InChI=1S/C31H35N5O5/c1-5-17-41-23-11-10-22(18-24(23)40-6-2)27-25(28(37)26-21(4)35-14-7-9-20(3)30(35)33-26)29(38)31(39)36(27)15-8-13-34-16-12-32-19-34/h7,9-12,14,16,18-19,27,37H,5-6,8,13,15,17H2,1-4H3. The second-order valence-electron chi connectivity index (χ2n) is 10.1. The number of ether oxygens (including phenoxy) is 2. The van der Waals surface area contributed by atoms with E-state index in [1.807, 2.05) is 67.3 Å². The predicted octanol–water partition coefficient (Wildman–Crippen LogP) is 4.85. The lowest BCUT2D eigenvalue weighted by molar-refractivity contribution is -0.139. The molecule has 1 N–H and O–H groups in total. The van der Waals surface area contributed by atoms with Crippen molar-refractivity contribution in [3.63, 3.8) is 0 Å². The molecular weight excluding hydrogens is 522 g/mol. The Morgan fingerprint density at radius 3 is 2.59 bits per heavy atom. The molecule has 1 aliphatic heterocycles. The van der Waals surface area contributed by atoms with Crippen LogP contribution in [0, 0.1) is 13.8 Å². The summed E-state index contributed by atoms with van der Waals surface area (Å²) in [6.07, 6.45) is 8.54. The summed E-state index contributed by atoms with van der Waals surface area (Å²) in [5, 5.41) is 11.7. The van der Waals surface area contributed by atoms with Crippen molar-refractivity contribution in [2.75, 3.05) is 19.8 Å². The smallest absolute Gasteiger partial charge is 0.295 e. The van der Waals surface area contributed by atoms with Crippen LogP contribution in [0.15, 0.2) is 60.8 Å². The number of benzene rings is 1. The van der Waals surface area contributed by atoms with Crippen LogP contribution >= 0.6 is 0 Å². The molecule has 10 heteroatoms. The molecule has 3 aromatic heterocycles. The van der Waals surface area contributed by atoms with E-state index in [4.69, 9.17) is 9.47 Å². The van der Waals surface area contributed by atoms with E-state index in [2.05, 4.69) is 9.97 Å². The van der Waals surface area contributed by atoms with Crippen LogP contribution in [-0.2, 0) is 16.1 Å². The van der Waals surface area contributed by atoms with Gasteiger partial charge in [0.05, 0.1) is 36.8 Å². The number of Topliss-reactive ketones (excluding diaryl/α,β-unsaturated/α-hetero) is 1. The zero-order valence-electron chi connectivity index (χ0n) is 23.8. The molecule has 1 aliphatic rings. The van der Waals surface area contributed by atoms with Crippen LogP contribution in [-0.4, -0.2) is 60.4 Å². The van der Waals surface area contributed by atoms with E-state index in [0.29, 0.717) is 61.1 Å². The highest BCUT2D eigenvalue weighted by Crippen LogP contribution is 2.42. The van der Waals surface area contributed by atoms with E-state index in [1.54, 1.807) is 24.7 Å². The Hall–Kier alpha value is -4.60. The van der Waals surface area contributed by atoms with E-state index in [-0.39, 0.29) is 17.0 Å². The third kappa shape index (κ3) is 5.29. The molecule has 0 aliphatic carbocycles. The number of imidazole rings is 2. The summed E-state index contributed by atoms with van der Waals surface area (Å²) in [6, 6.07) is 8.41. The molecule has 0 bridgehead atoms. The number of hydrogen-bond donors (Lipinski definition) is 1. The number of aromatic nitrogens is 4. The number of pyridine rings is 1. The minimum absolute atomic E-state index is 0.00599.